The molecule has 2 rings (SSSR count). The van der Waals surface area contributed by atoms with E-state index in [-0.39, 0.29) is 0 Å². The number of nitriles is 1. The number of piperidine rings is 1. The molecule has 1 aliphatic rings. The van der Waals surface area contributed by atoms with Crippen LogP contribution in [0.15, 0.2) is 22.7 Å². The Balaban J connectivity index is 1.95. The Morgan fingerprint density at radius 2 is 2.18 bits per heavy atom. The number of rotatable bonds is 3. The number of nitrogens with one attached hydrogen (secondary N) is 1. The summed E-state index contributed by atoms with van der Waals surface area (Å²) in [5.74, 6) is 1.39. The zero-order chi connectivity index (χ0) is 12.1. The quantitative estimate of drug-likeness (QED) is 0.932. The molecule has 1 aromatic rings. The average Bonchev–Trinajstić information content (AvgIpc) is 2.39. The minimum atomic E-state index is 0.619. The van der Waals surface area contributed by atoms with Gasteiger partial charge in [0.25, 0.3) is 0 Å². The normalized spacial score (nSPS) is 16.5. The maximum Gasteiger partial charge on any atom is 0.134 e. The topological polar surface area (TPSA) is 45.0 Å². The second-order valence-corrected chi connectivity index (χ2v) is 5.12. The molecular formula is C13H15BrN2O. The third-order valence-corrected chi connectivity index (χ3v) is 3.65. The van der Waals surface area contributed by atoms with Gasteiger partial charge in [0, 0.05) is 0 Å². The van der Waals surface area contributed by atoms with E-state index in [1.807, 2.05) is 6.07 Å². The van der Waals surface area contributed by atoms with Crippen molar-refractivity contribution in [3.8, 4) is 11.8 Å². The average molecular weight is 295 g/mol. The first-order valence-corrected chi connectivity index (χ1v) is 6.62. The van der Waals surface area contributed by atoms with Crippen LogP contribution in [-0.4, -0.2) is 19.7 Å². The highest BCUT2D eigenvalue weighted by atomic mass is 79.9. The van der Waals surface area contributed by atoms with Crippen LogP contribution in [0.5, 0.6) is 5.75 Å². The smallest absolute Gasteiger partial charge is 0.134 e. The minimum absolute atomic E-state index is 0.619. The van der Waals surface area contributed by atoms with Crippen molar-refractivity contribution in [3.63, 3.8) is 0 Å². The zero-order valence-electron chi connectivity index (χ0n) is 9.58. The molecule has 17 heavy (non-hydrogen) atoms. The lowest BCUT2D eigenvalue weighted by atomic mass is 9.99. The third-order valence-electron chi connectivity index (χ3n) is 2.99. The number of hydrogen-bond donors (Lipinski definition) is 1. The van der Waals surface area contributed by atoms with Gasteiger partial charge in [-0.05, 0) is 66.0 Å². The van der Waals surface area contributed by atoms with Gasteiger partial charge in [-0.15, -0.1) is 0 Å². The molecule has 4 heteroatoms. The van der Waals surface area contributed by atoms with Crippen molar-refractivity contribution in [3.05, 3.63) is 28.2 Å². The Morgan fingerprint density at radius 1 is 1.41 bits per heavy atom. The molecule has 3 nitrogen and oxygen atoms in total. The summed E-state index contributed by atoms with van der Waals surface area (Å²) in [5.41, 5.74) is 0.633. The summed E-state index contributed by atoms with van der Waals surface area (Å²) in [6, 6.07) is 7.54. The van der Waals surface area contributed by atoms with Gasteiger partial charge in [0.05, 0.1) is 22.7 Å². The monoisotopic (exact) mass is 294 g/mol. The zero-order valence-corrected chi connectivity index (χ0v) is 11.2. The first kappa shape index (κ1) is 12.4. The van der Waals surface area contributed by atoms with Crippen LogP contribution in [0.4, 0.5) is 0 Å². The van der Waals surface area contributed by atoms with E-state index in [4.69, 9.17) is 10.00 Å². The van der Waals surface area contributed by atoms with Crippen molar-refractivity contribution < 1.29 is 4.74 Å². The van der Waals surface area contributed by atoms with E-state index in [1.165, 1.54) is 0 Å². The van der Waals surface area contributed by atoms with E-state index >= 15 is 0 Å². The molecule has 0 atom stereocenters. The first-order valence-electron chi connectivity index (χ1n) is 5.83. The van der Waals surface area contributed by atoms with E-state index in [1.54, 1.807) is 12.1 Å². The Labute approximate surface area is 110 Å². The second-order valence-electron chi connectivity index (χ2n) is 4.26. The maximum absolute atomic E-state index is 8.84. The molecule has 90 valence electrons. The minimum Gasteiger partial charge on any atom is -0.492 e. The first-order chi connectivity index (χ1) is 8.29. The van der Waals surface area contributed by atoms with E-state index in [2.05, 4.69) is 27.3 Å². The number of nitrogens with zero attached hydrogens (tertiary/aromatic N) is 1. The van der Waals surface area contributed by atoms with E-state index in [0.717, 1.165) is 42.8 Å². The van der Waals surface area contributed by atoms with Gasteiger partial charge in [0.15, 0.2) is 0 Å². The van der Waals surface area contributed by atoms with Gasteiger partial charge in [0.2, 0.25) is 0 Å². The Kier molecular flexibility index (Phi) is 4.41. The fourth-order valence-electron chi connectivity index (χ4n) is 1.94. The summed E-state index contributed by atoms with van der Waals surface area (Å²) >= 11 is 3.44. The molecule has 1 aromatic carbocycles. The van der Waals surface area contributed by atoms with Gasteiger partial charge in [-0.3, -0.25) is 0 Å². The van der Waals surface area contributed by atoms with Crippen molar-refractivity contribution in [1.29, 1.82) is 5.26 Å². The molecule has 1 fully saturated rings. The summed E-state index contributed by atoms with van der Waals surface area (Å²) in [6.07, 6.45) is 2.32. The molecule has 0 radical (unpaired) electrons. The highest BCUT2D eigenvalue weighted by molar-refractivity contribution is 9.10. The van der Waals surface area contributed by atoms with E-state index < -0.39 is 0 Å². The van der Waals surface area contributed by atoms with Crippen molar-refractivity contribution in [2.75, 3.05) is 19.7 Å². The summed E-state index contributed by atoms with van der Waals surface area (Å²) in [4.78, 5) is 0. The SMILES string of the molecule is N#Cc1ccc(Br)c(OCC2CCNCC2)c1. The summed E-state index contributed by atoms with van der Waals surface area (Å²) < 4.78 is 6.70. The van der Waals surface area contributed by atoms with Gasteiger partial charge < -0.3 is 10.1 Å². The molecule has 0 aliphatic carbocycles. The van der Waals surface area contributed by atoms with Gasteiger partial charge in [0.1, 0.15) is 5.75 Å². The number of hydrogen-bond acceptors (Lipinski definition) is 3. The van der Waals surface area contributed by atoms with Crippen LogP contribution in [-0.2, 0) is 0 Å². The molecule has 1 aliphatic heterocycles. The molecule has 1 heterocycles. The van der Waals surface area contributed by atoms with Crippen LogP contribution in [0.25, 0.3) is 0 Å². The Hall–Kier alpha value is -1.05. The highest BCUT2D eigenvalue weighted by Gasteiger charge is 2.14. The molecule has 0 unspecified atom stereocenters. The van der Waals surface area contributed by atoms with Crippen molar-refractivity contribution in [2.24, 2.45) is 5.92 Å². The number of benzene rings is 1. The maximum atomic E-state index is 8.84. The molecule has 1 N–H and O–H groups in total. The molecule has 0 saturated carbocycles. The molecule has 0 spiro atoms. The lowest BCUT2D eigenvalue weighted by Crippen LogP contribution is -2.30. The summed E-state index contributed by atoms with van der Waals surface area (Å²) in [7, 11) is 0. The molecule has 0 aromatic heterocycles. The van der Waals surface area contributed by atoms with Crippen molar-refractivity contribution in [2.45, 2.75) is 12.8 Å². The predicted molar refractivity (Wildman–Crippen MR) is 69.9 cm³/mol. The van der Waals surface area contributed by atoms with Gasteiger partial charge >= 0.3 is 0 Å². The van der Waals surface area contributed by atoms with E-state index in [0.29, 0.717) is 11.5 Å². The second kappa shape index (κ2) is 6.04. The summed E-state index contributed by atoms with van der Waals surface area (Å²) in [6.45, 7) is 2.88. The van der Waals surface area contributed by atoms with Crippen LogP contribution in [0.3, 0.4) is 0 Å². The van der Waals surface area contributed by atoms with Gasteiger partial charge in [-0.2, -0.15) is 5.26 Å². The summed E-state index contributed by atoms with van der Waals surface area (Å²) in [5, 5.41) is 12.2. The third kappa shape index (κ3) is 3.45. The fourth-order valence-corrected chi connectivity index (χ4v) is 2.30. The number of ether oxygens (including phenoxy) is 1. The fraction of sp³-hybridized carbons (Fsp3) is 0.462. The van der Waals surface area contributed by atoms with Gasteiger partial charge in [-0.1, -0.05) is 0 Å². The Bertz CT molecular complexity index is 422. The van der Waals surface area contributed by atoms with Crippen LogP contribution < -0.4 is 10.1 Å². The molecule has 0 amide bonds. The molecular weight excluding hydrogens is 280 g/mol. The number of halogens is 1. The van der Waals surface area contributed by atoms with Crippen molar-refractivity contribution >= 4 is 15.9 Å². The standard InChI is InChI=1S/C13H15BrN2O/c14-12-2-1-11(8-15)7-13(12)17-9-10-3-5-16-6-4-10/h1-2,7,10,16H,3-6,9H2. The largest absolute Gasteiger partial charge is 0.492 e. The Morgan fingerprint density at radius 3 is 2.88 bits per heavy atom. The van der Waals surface area contributed by atoms with Crippen LogP contribution in [0, 0.1) is 17.2 Å². The molecule has 0 bridgehead atoms. The lowest BCUT2D eigenvalue weighted by Gasteiger charge is -2.22. The predicted octanol–water partition coefficient (Wildman–Crippen LogP) is 2.70. The van der Waals surface area contributed by atoms with E-state index in [9.17, 15) is 0 Å². The van der Waals surface area contributed by atoms with Crippen LogP contribution in [0.2, 0.25) is 0 Å². The van der Waals surface area contributed by atoms with Crippen LogP contribution >= 0.6 is 15.9 Å². The van der Waals surface area contributed by atoms with Gasteiger partial charge in [-0.25, -0.2) is 0 Å². The van der Waals surface area contributed by atoms with Crippen LogP contribution in [0.1, 0.15) is 18.4 Å². The molecule has 1 saturated heterocycles. The van der Waals surface area contributed by atoms with Crippen molar-refractivity contribution in [1.82, 2.24) is 5.32 Å². The lowest BCUT2D eigenvalue weighted by molar-refractivity contribution is 0.214. The highest BCUT2D eigenvalue weighted by Crippen LogP contribution is 2.27.